The van der Waals surface area contributed by atoms with E-state index in [2.05, 4.69) is 0 Å². The predicted molar refractivity (Wildman–Crippen MR) is 79.7 cm³/mol. The average molecular weight is 297 g/mol. The van der Waals surface area contributed by atoms with Crippen LogP contribution in [0.3, 0.4) is 0 Å². The van der Waals surface area contributed by atoms with Crippen molar-refractivity contribution in [2.24, 2.45) is 5.73 Å². The molecular weight excluding hydrogens is 270 g/mol. The summed E-state index contributed by atoms with van der Waals surface area (Å²) in [6, 6.07) is -0.162. The van der Waals surface area contributed by atoms with Crippen molar-refractivity contribution < 1.29 is 14.3 Å². The number of rotatable bonds is 3. The van der Waals surface area contributed by atoms with Gasteiger partial charge in [-0.05, 0) is 47.0 Å². The molecule has 120 valence electrons. The van der Waals surface area contributed by atoms with Crippen LogP contribution in [-0.2, 0) is 9.53 Å². The van der Waals surface area contributed by atoms with Crippen LogP contribution in [0.25, 0.3) is 0 Å². The summed E-state index contributed by atoms with van der Waals surface area (Å²) < 4.78 is 5.52. The Balaban J connectivity index is 2.00. The zero-order chi connectivity index (χ0) is 15.8. The first-order valence-corrected chi connectivity index (χ1v) is 7.74. The van der Waals surface area contributed by atoms with E-state index in [1.165, 1.54) is 0 Å². The van der Waals surface area contributed by atoms with E-state index in [0.29, 0.717) is 13.1 Å². The lowest BCUT2D eigenvalue weighted by atomic mass is 10.2. The minimum atomic E-state index is -0.496. The molecule has 2 amide bonds. The fourth-order valence-corrected chi connectivity index (χ4v) is 2.72. The van der Waals surface area contributed by atoms with E-state index >= 15 is 0 Å². The summed E-state index contributed by atoms with van der Waals surface area (Å²) in [7, 11) is 0. The summed E-state index contributed by atoms with van der Waals surface area (Å²) in [6.07, 6.45) is 2.59. The first-order chi connectivity index (χ1) is 9.69. The lowest BCUT2D eigenvalue weighted by Gasteiger charge is -2.31. The number of hydrogen-bond acceptors (Lipinski definition) is 4. The van der Waals surface area contributed by atoms with E-state index in [0.717, 1.165) is 19.3 Å². The van der Waals surface area contributed by atoms with E-state index in [9.17, 15) is 9.59 Å². The fourth-order valence-electron chi connectivity index (χ4n) is 2.72. The third-order valence-electron chi connectivity index (χ3n) is 3.80. The average Bonchev–Trinajstić information content (AvgIpc) is 3.03. The normalized spacial score (nSPS) is 23.9. The van der Waals surface area contributed by atoms with Gasteiger partial charge in [-0.3, -0.25) is 4.79 Å². The highest BCUT2D eigenvalue weighted by Crippen LogP contribution is 2.33. The van der Waals surface area contributed by atoms with Gasteiger partial charge in [-0.1, -0.05) is 0 Å². The molecule has 1 saturated carbocycles. The third-order valence-corrected chi connectivity index (χ3v) is 3.80. The Bertz CT molecular complexity index is 413. The Morgan fingerprint density at radius 2 is 1.86 bits per heavy atom. The highest BCUT2D eigenvalue weighted by atomic mass is 16.6. The zero-order valence-electron chi connectivity index (χ0n) is 13.5. The summed E-state index contributed by atoms with van der Waals surface area (Å²) >= 11 is 0. The lowest BCUT2D eigenvalue weighted by Crippen LogP contribution is -2.47. The van der Waals surface area contributed by atoms with Crippen molar-refractivity contribution in [2.45, 2.75) is 70.7 Å². The second-order valence-corrected chi connectivity index (χ2v) is 7.13. The smallest absolute Gasteiger partial charge is 0.410 e. The molecule has 0 spiro atoms. The van der Waals surface area contributed by atoms with Crippen LogP contribution in [0.1, 0.15) is 47.0 Å². The van der Waals surface area contributed by atoms with Crippen LogP contribution in [0.2, 0.25) is 0 Å². The minimum absolute atomic E-state index is 0.0440. The Kier molecular flexibility index (Phi) is 4.46. The van der Waals surface area contributed by atoms with Gasteiger partial charge in [0.15, 0.2) is 0 Å². The van der Waals surface area contributed by atoms with Crippen LogP contribution in [0.4, 0.5) is 4.79 Å². The molecule has 1 aliphatic heterocycles. The number of carbonyl (C=O) groups excluding carboxylic acids is 2. The molecule has 1 unspecified atom stereocenters. The molecule has 6 heteroatoms. The number of hydrogen-bond donors (Lipinski definition) is 1. The van der Waals surface area contributed by atoms with Gasteiger partial charge in [0.2, 0.25) is 5.91 Å². The van der Waals surface area contributed by atoms with Crippen LogP contribution in [0, 0.1) is 0 Å². The molecule has 2 rings (SSSR count). The predicted octanol–water partition coefficient (Wildman–Crippen LogP) is 1.33. The van der Waals surface area contributed by atoms with Gasteiger partial charge < -0.3 is 20.3 Å². The SMILES string of the molecule is C[C@H](N)C(=O)N1CCC(N(C(=O)OC(C)(C)C)C2CC2)C1. The van der Waals surface area contributed by atoms with Crippen molar-refractivity contribution in [1.29, 1.82) is 0 Å². The van der Waals surface area contributed by atoms with Crippen LogP contribution >= 0.6 is 0 Å². The fraction of sp³-hybridized carbons (Fsp3) is 0.867. The second kappa shape index (κ2) is 5.83. The Labute approximate surface area is 126 Å². The highest BCUT2D eigenvalue weighted by Gasteiger charge is 2.42. The molecule has 2 N–H and O–H groups in total. The summed E-state index contributed by atoms with van der Waals surface area (Å²) in [5.41, 5.74) is 5.16. The van der Waals surface area contributed by atoms with Gasteiger partial charge in [-0.15, -0.1) is 0 Å². The molecule has 2 atom stereocenters. The second-order valence-electron chi connectivity index (χ2n) is 7.13. The highest BCUT2D eigenvalue weighted by molar-refractivity contribution is 5.81. The van der Waals surface area contributed by atoms with Crippen molar-refractivity contribution >= 4 is 12.0 Å². The first kappa shape index (κ1) is 16.1. The summed E-state index contributed by atoms with van der Waals surface area (Å²) in [5, 5.41) is 0. The molecule has 0 aromatic heterocycles. The van der Waals surface area contributed by atoms with E-state index in [1.54, 1.807) is 11.8 Å². The lowest BCUT2D eigenvalue weighted by molar-refractivity contribution is -0.131. The Morgan fingerprint density at radius 1 is 1.24 bits per heavy atom. The molecule has 1 heterocycles. The molecule has 0 aromatic rings. The molecule has 0 bridgehead atoms. The molecule has 6 nitrogen and oxygen atoms in total. The standard InChI is InChI=1S/C15H27N3O3/c1-10(16)13(19)17-8-7-12(9-17)18(11-5-6-11)14(20)21-15(2,3)4/h10-12H,5-9,16H2,1-4H3/t10-,12?/m0/s1. The molecule has 1 saturated heterocycles. The molecule has 2 fully saturated rings. The van der Waals surface area contributed by atoms with Gasteiger partial charge >= 0.3 is 6.09 Å². The van der Waals surface area contributed by atoms with Gasteiger partial charge in [0.05, 0.1) is 12.1 Å². The van der Waals surface area contributed by atoms with E-state index in [1.807, 2.05) is 25.7 Å². The largest absolute Gasteiger partial charge is 0.444 e. The number of carbonyl (C=O) groups is 2. The summed E-state index contributed by atoms with van der Waals surface area (Å²) in [4.78, 5) is 28.0. The van der Waals surface area contributed by atoms with Crippen LogP contribution in [0.5, 0.6) is 0 Å². The number of likely N-dealkylation sites (tertiary alicyclic amines) is 1. The molecular formula is C15H27N3O3. The Morgan fingerprint density at radius 3 is 2.33 bits per heavy atom. The van der Waals surface area contributed by atoms with E-state index < -0.39 is 11.6 Å². The quantitative estimate of drug-likeness (QED) is 0.853. The number of nitrogens with zero attached hydrogens (tertiary/aromatic N) is 2. The van der Waals surface area contributed by atoms with Crippen molar-refractivity contribution in [3.8, 4) is 0 Å². The monoisotopic (exact) mass is 297 g/mol. The number of nitrogens with two attached hydrogens (primary N) is 1. The van der Waals surface area contributed by atoms with E-state index in [4.69, 9.17) is 10.5 Å². The first-order valence-electron chi connectivity index (χ1n) is 7.74. The summed E-state index contributed by atoms with van der Waals surface area (Å²) in [6.45, 7) is 8.54. The van der Waals surface area contributed by atoms with Gasteiger partial charge in [0.25, 0.3) is 0 Å². The van der Waals surface area contributed by atoms with E-state index in [-0.39, 0.29) is 24.1 Å². The van der Waals surface area contributed by atoms with Gasteiger partial charge in [0.1, 0.15) is 5.60 Å². The third kappa shape index (κ3) is 4.09. The molecule has 0 radical (unpaired) electrons. The number of ether oxygens (including phenoxy) is 1. The topological polar surface area (TPSA) is 75.9 Å². The molecule has 0 aromatic carbocycles. The maximum atomic E-state index is 12.4. The van der Waals surface area contributed by atoms with Crippen LogP contribution in [-0.4, -0.2) is 58.6 Å². The number of amides is 2. The van der Waals surface area contributed by atoms with Gasteiger partial charge in [-0.25, -0.2) is 4.79 Å². The summed E-state index contributed by atoms with van der Waals surface area (Å²) in [5.74, 6) is -0.0440. The zero-order valence-corrected chi connectivity index (χ0v) is 13.5. The molecule has 1 aliphatic carbocycles. The van der Waals surface area contributed by atoms with Gasteiger partial charge in [-0.2, -0.15) is 0 Å². The van der Waals surface area contributed by atoms with Crippen molar-refractivity contribution in [2.75, 3.05) is 13.1 Å². The maximum Gasteiger partial charge on any atom is 0.410 e. The van der Waals surface area contributed by atoms with Crippen molar-refractivity contribution in [3.63, 3.8) is 0 Å². The van der Waals surface area contributed by atoms with Crippen molar-refractivity contribution in [3.05, 3.63) is 0 Å². The molecule has 21 heavy (non-hydrogen) atoms. The van der Waals surface area contributed by atoms with Crippen LogP contribution in [0.15, 0.2) is 0 Å². The van der Waals surface area contributed by atoms with Crippen LogP contribution < -0.4 is 5.73 Å². The minimum Gasteiger partial charge on any atom is -0.444 e. The van der Waals surface area contributed by atoms with Crippen molar-refractivity contribution in [1.82, 2.24) is 9.80 Å². The Hall–Kier alpha value is -1.30. The van der Waals surface area contributed by atoms with Gasteiger partial charge in [0, 0.05) is 19.1 Å². The maximum absolute atomic E-state index is 12.4. The molecule has 2 aliphatic rings.